The standard InChI is InChI=1S/C20H19F2N3O/c1-12-7-14(8-17(13(12)2)26-19(21)22)16-10-24-18-9-15(5-6-25(16)18)20(3,4)11-23/h5-10,19H,1-4H3. The van der Waals surface area contributed by atoms with Gasteiger partial charge in [-0.05, 0) is 68.7 Å². The molecule has 6 heteroatoms. The number of imidazole rings is 1. The first kappa shape index (κ1) is 17.9. The highest BCUT2D eigenvalue weighted by Crippen LogP contribution is 2.32. The number of hydrogen-bond acceptors (Lipinski definition) is 3. The van der Waals surface area contributed by atoms with Crippen LogP contribution < -0.4 is 4.74 Å². The Morgan fingerprint density at radius 3 is 2.62 bits per heavy atom. The van der Waals surface area contributed by atoms with Crippen LogP contribution >= 0.6 is 0 Å². The molecule has 0 saturated carbocycles. The molecule has 0 spiro atoms. The van der Waals surface area contributed by atoms with E-state index < -0.39 is 12.0 Å². The van der Waals surface area contributed by atoms with E-state index in [-0.39, 0.29) is 5.75 Å². The molecule has 0 saturated heterocycles. The van der Waals surface area contributed by atoms with Gasteiger partial charge in [0.1, 0.15) is 11.4 Å². The van der Waals surface area contributed by atoms with Crippen molar-refractivity contribution in [3.63, 3.8) is 0 Å². The molecule has 4 nitrogen and oxygen atoms in total. The van der Waals surface area contributed by atoms with E-state index in [0.717, 1.165) is 22.4 Å². The van der Waals surface area contributed by atoms with Gasteiger partial charge in [0.05, 0.1) is 23.4 Å². The van der Waals surface area contributed by atoms with Crippen LogP contribution in [0.25, 0.3) is 16.9 Å². The number of aromatic nitrogens is 2. The van der Waals surface area contributed by atoms with Gasteiger partial charge >= 0.3 is 6.61 Å². The first-order valence-electron chi connectivity index (χ1n) is 8.18. The van der Waals surface area contributed by atoms with Gasteiger partial charge < -0.3 is 4.74 Å². The average Bonchev–Trinajstić information content (AvgIpc) is 3.01. The number of ether oxygens (including phenoxy) is 1. The molecule has 0 aliphatic rings. The van der Waals surface area contributed by atoms with Crippen molar-refractivity contribution in [2.24, 2.45) is 0 Å². The summed E-state index contributed by atoms with van der Waals surface area (Å²) in [4.78, 5) is 4.41. The van der Waals surface area contributed by atoms with Gasteiger partial charge in [-0.25, -0.2) is 4.98 Å². The van der Waals surface area contributed by atoms with Crippen LogP contribution in [0.2, 0.25) is 0 Å². The second-order valence-corrected chi connectivity index (χ2v) is 6.82. The van der Waals surface area contributed by atoms with Crippen LogP contribution in [0.1, 0.15) is 30.5 Å². The summed E-state index contributed by atoms with van der Waals surface area (Å²) in [5.74, 6) is 0.159. The Balaban J connectivity index is 2.12. The van der Waals surface area contributed by atoms with E-state index in [4.69, 9.17) is 0 Å². The van der Waals surface area contributed by atoms with Gasteiger partial charge in [-0.1, -0.05) is 0 Å². The van der Waals surface area contributed by atoms with Gasteiger partial charge in [-0.3, -0.25) is 4.40 Å². The third-order valence-electron chi connectivity index (χ3n) is 4.65. The molecule has 134 valence electrons. The topological polar surface area (TPSA) is 50.3 Å². The van der Waals surface area contributed by atoms with E-state index in [0.29, 0.717) is 11.2 Å². The number of hydrogen-bond donors (Lipinski definition) is 0. The molecular weight excluding hydrogens is 336 g/mol. The third kappa shape index (κ3) is 3.13. The fourth-order valence-electron chi connectivity index (χ4n) is 2.84. The van der Waals surface area contributed by atoms with Crippen molar-refractivity contribution in [1.82, 2.24) is 9.38 Å². The van der Waals surface area contributed by atoms with Gasteiger partial charge in [0, 0.05) is 11.8 Å². The van der Waals surface area contributed by atoms with Crippen molar-refractivity contribution in [2.45, 2.75) is 39.7 Å². The van der Waals surface area contributed by atoms with Crippen molar-refractivity contribution >= 4 is 5.65 Å². The van der Waals surface area contributed by atoms with Crippen LogP contribution in [-0.2, 0) is 5.41 Å². The number of benzene rings is 1. The summed E-state index contributed by atoms with van der Waals surface area (Å²) in [5.41, 5.74) is 3.98. The Kier molecular flexibility index (Phi) is 4.41. The van der Waals surface area contributed by atoms with Crippen molar-refractivity contribution in [3.05, 3.63) is 53.3 Å². The molecule has 2 heterocycles. The van der Waals surface area contributed by atoms with Gasteiger partial charge in [-0.2, -0.15) is 14.0 Å². The predicted molar refractivity (Wildman–Crippen MR) is 95.4 cm³/mol. The van der Waals surface area contributed by atoms with Crippen molar-refractivity contribution in [1.29, 1.82) is 5.26 Å². The molecule has 0 aliphatic heterocycles. The van der Waals surface area contributed by atoms with Gasteiger partial charge in [-0.15, -0.1) is 0 Å². The Labute approximate surface area is 150 Å². The number of rotatable bonds is 4. The monoisotopic (exact) mass is 355 g/mol. The first-order valence-corrected chi connectivity index (χ1v) is 8.18. The average molecular weight is 355 g/mol. The van der Waals surface area contributed by atoms with Crippen LogP contribution in [0, 0.1) is 25.2 Å². The molecule has 0 fully saturated rings. The van der Waals surface area contributed by atoms with Gasteiger partial charge in [0.25, 0.3) is 0 Å². The Hall–Kier alpha value is -2.94. The number of halogens is 2. The molecule has 0 amide bonds. The fraction of sp³-hybridized carbons (Fsp3) is 0.300. The maximum atomic E-state index is 12.7. The molecule has 0 bridgehead atoms. The van der Waals surface area contributed by atoms with Gasteiger partial charge in [0.2, 0.25) is 0 Å². The Morgan fingerprint density at radius 2 is 1.96 bits per heavy atom. The maximum Gasteiger partial charge on any atom is 0.387 e. The van der Waals surface area contributed by atoms with Crippen molar-refractivity contribution in [2.75, 3.05) is 0 Å². The maximum absolute atomic E-state index is 12.7. The van der Waals surface area contributed by atoms with E-state index in [2.05, 4.69) is 15.8 Å². The first-order chi connectivity index (χ1) is 12.2. The van der Waals surface area contributed by atoms with E-state index in [9.17, 15) is 14.0 Å². The molecule has 3 rings (SSSR count). The number of fused-ring (bicyclic) bond motifs is 1. The summed E-state index contributed by atoms with van der Waals surface area (Å²) in [6.45, 7) is 4.43. The predicted octanol–water partition coefficient (Wildman–Crippen LogP) is 5.02. The second-order valence-electron chi connectivity index (χ2n) is 6.82. The second kappa shape index (κ2) is 6.41. The SMILES string of the molecule is Cc1cc(-c2cnc3cc(C(C)(C)C#N)ccn23)cc(OC(F)F)c1C. The number of pyridine rings is 1. The zero-order valence-electron chi connectivity index (χ0n) is 15.0. The third-order valence-corrected chi connectivity index (χ3v) is 4.65. The quantitative estimate of drug-likeness (QED) is 0.660. The number of nitrogens with zero attached hydrogens (tertiary/aromatic N) is 3. The van der Waals surface area contributed by atoms with Gasteiger partial charge in [0.15, 0.2) is 0 Å². The molecule has 0 radical (unpaired) electrons. The summed E-state index contributed by atoms with van der Waals surface area (Å²) >= 11 is 0. The molecule has 2 aromatic heterocycles. The summed E-state index contributed by atoms with van der Waals surface area (Å²) < 4.78 is 31.9. The summed E-state index contributed by atoms with van der Waals surface area (Å²) in [5, 5.41) is 9.31. The Morgan fingerprint density at radius 1 is 1.23 bits per heavy atom. The summed E-state index contributed by atoms with van der Waals surface area (Å²) in [6.07, 6.45) is 3.53. The highest BCUT2D eigenvalue weighted by atomic mass is 19.3. The largest absolute Gasteiger partial charge is 0.435 e. The Bertz CT molecular complexity index is 1020. The zero-order valence-corrected chi connectivity index (χ0v) is 15.0. The highest BCUT2D eigenvalue weighted by Gasteiger charge is 2.21. The lowest BCUT2D eigenvalue weighted by molar-refractivity contribution is -0.0502. The van der Waals surface area contributed by atoms with E-state index in [1.165, 1.54) is 0 Å². The zero-order chi connectivity index (χ0) is 19.1. The lowest BCUT2D eigenvalue weighted by Gasteiger charge is -2.16. The number of nitriles is 1. The molecular formula is C20H19F2N3O. The van der Waals surface area contributed by atoms with Crippen LogP contribution in [0.3, 0.4) is 0 Å². The van der Waals surface area contributed by atoms with E-state index >= 15 is 0 Å². The van der Waals surface area contributed by atoms with Crippen LogP contribution in [0.5, 0.6) is 5.75 Å². The lowest BCUT2D eigenvalue weighted by Crippen LogP contribution is -2.14. The normalized spacial score (nSPS) is 11.8. The minimum absolute atomic E-state index is 0.159. The van der Waals surface area contributed by atoms with Crippen molar-refractivity contribution < 1.29 is 13.5 Å². The molecule has 0 aliphatic carbocycles. The molecule has 0 unspecified atom stereocenters. The fourth-order valence-corrected chi connectivity index (χ4v) is 2.84. The minimum Gasteiger partial charge on any atom is -0.435 e. The number of aryl methyl sites for hydroxylation is 1. The minimum atomic E-state index is -2.87. The molecule has 0 atom stereocenters. The molecule has 3 aromatic rings. The van der Waals surface area contributed by atoms with Crippen LogP contribution in [-0.4, -0.2) is 16.0 Å². The highest BCUT2D eigenvalue weighted by molar-refractivity contribution is 5.68. The van der Waals surface area contributed by atoms with E-state index in [1.54, 1.807) is 19.2 Å². The van der Waals surface area contributed by atoms with Crippen LogP contribution in [0.4, 0.5) is 8.78 Å². The lowest BCUT2D eigenvalue weighted by atomic mass is 9.87. The van der Waals surface area contributed by atoms with Crippen molar-refractivity contribution in [3.8, 4) is 23.1 Å². The van der Waals surface area contributed by atoms with E-state index in [1.807, 2.05) is 49.6 Å². The van der Waals surface area contributed by atoms with Crippen LogP contribution in [0.15, 0.2) is 36.7 Å². The smallest absolute Gasteiger partial charge is 0.387 e. The molecule has 1 aromatic carbocycles. The molecule has 26 heavy (non-hydrogen) atoms. The summed E-state index contributed by atoms with van der Waals surface area (Å²) in [6, 6.07) is 9.54. The summed E-state index contributed by atoms with van der Waals surface area (Å²) in [7, 11) is 0. The molecule has 0 N–H and O–H groups in total. The number of alkyl halides is 2.